The number of carboxylic acids is 1. The smallest absolute Gasteiger partial charge is 0.326 e. The van der Waals surface area contributed by atoms with E-state index in [1.54, 1.807) is 12.1 Å². The lowest BCUT2D eigenvalue weighted by Gasteiger charge is -2.15. The largest absolute Gasteiger partial charge is 0.480 e. The van der Waals surface area contributed by atoms with Crippen LogP contribution in [0.15, 0.2) is 35.3 Å². The number of aromatic amines is 1. The Labute approximate surface area is 289 Å². The summed E-state index contributed by atoms with van der Waals surface area (Å²) in [6.07, 6.45) is 2.08. The first kappa shape index (κ1) is 38.1. The van der Waals surface area contributed by atoms with E-state index in [0.29, 0.717) is 57.5 Å². The van der Waals surface area contributed by atoms with E-state index >= 15 is 0 Å². The quantitative estimate of drug-likeness (QED) is 0.0318. The molecule has 19 heteroatoms. The molecule has 1 atom stereocenters. The molecular formula is C29H38IN9O9. The number of hydrogen-bond acceptors (Lipinski definition) is 14. The fourth-order valence-electron chi connectivity index (χ4n) is 3.99. The number of halogens is 1. The summed E-state index contributed by atoms with van der Waals surface area (Å²) in [5, 5.41) is 17.8. The average molecular weight is 784 g/mol. The van der Waals surface area contributed by atoms with Crippen molar-refractivity contribution in [2.75, 3.05) is 70.3 Å². The summed E-state index contributed by atoms with van der Waals surface area (Å²) in [6, 6.07) is 5.03. The number of hydrogen-bond donors (Lipinski definition) is 6. The van der Waals surface area contributed by atoms with Gasteiger partial charge < -0.3 is 45.8 Å². The maximum Gasteiger partial charge on any atom is 0.326 e. The van der Waals surface area contributed by atoms with Gasteiger partial charge in [-0.05, 0) is 30.7 Å². The highest BCUT2D eigenvalue weighted by atomic mass is 127. The van der Waals surface area contributed by atoms with E-state index in [4.69, 9.17) is 19.9 Å². The van der Waals surface area contributed by atoms with E-state index in [0.717, 1.165) is 6.29 Å². The SMILES string of the molecule is Nc1nc2ncc(CNc3ccc(C(=O)NC(CCC(=O)NCCOCCOCCOCCN(I)CC=O)C(=O)O)cc3)nc2c(=O)[nH]1. The molecule has 3 aromatic rings. The highest BCUT2D eigenvalue weighted by Gasteiger charge is 2.22. The summed E-state index contributed by atoms with van der Waals surface area (Å²) < 4.78 is 18.0. The number of nitrogen functional groups attached to an aromatic ring is 1. The molecule has 7 N–H and O–H groups in total. The highest BCUT2D eigenvalue weighted by Crippen LogP contribution is 2.12. The predicted molar refractivity (Wildman–Crippen MR) is 181 cm³/mol. The number of H-pyrrole nitrogens is 1. The maximum absolute atomic E-state index is 12.7. The van der Waals surface area contributed by atoms with Gasteiger partial charge >= 0.3 is 5.97 Å². The average Bonchev–Trinajstić information content (AvgIpc) is 3.06. The second-order valence-corrected chi connectivity index (χ2v) is 11.4. The number of anilines is 2. The molecule has 0 saturated heterocycles. The van der Waals surface area contributed by atoms with Crippen molar-refractivity contribution in [2.45, 2.75) is 25.4 Å². The standard InChI is InChI=1S/C29H38IN9O9/c30-39(8-10-40)9-12-47-14-16-48-15-13-46-11-7-32-23(41)6-5-22(28(44)45)36-26(42)19-1-3-20(4-2-19)33-17-21-18-34-25-24(35-21)27(43)38-29(31)37-25/h1-4,10,18,22,33H,5-9,11-17H2,(H,32,41)(H,36,42)(H,44,45)(H3,31,34,37,38,43). The molecule has 48 heavy (non-hydrogen) atoms. The van der Waals surface area contributed by atoms with Crippen molar-refractivity contribution < 1.29 is 38.5 Å². The minimum atomic E-state index is -1.27. The Balaban J connectivity index is 1.29. The summed E-state index contributed by atoms with van der Waals surface area (Å²) in [4.78, 5) is 73.7. The first-order valence-corrected chi connectivity index (χ1v) is 15.9. The van der Waals surface area contributed by atoms with E-state index in [2.05, 4.69) is 58.8 Å². The number of amides is 2. The van der Waals surface area contributed by atoms with Crippen LogP contribution in [0.1, 0.15) is 28.9 Å². The maximum atomic E-state index is 12.7. The number of carbonyl (C=O) groups excluding carboxylic acids is 3. The number of nitrogens with one attached hydrogen (secondary N) is 4. The Kier molecular flexibility index (Phi) is 16.5. The van der Waals surface area contributed by atoms with Crippen LogP contribution in [-0.2, 0) is 35.1 Å². The fourth-order valence-corrected chi connectivity index (χ4v) is 4.35. The van der Waals surface area contributed by atoms with E-state index in [-0.39, 0.29) is 61.1 Å². The van der Waals surface area contributed by atoms with E-state index in [9.17, 15) is 29.1 Å². The first-order chi connectivity index (χ1) is 23.2. The molecule has 0 fully saturated rings. The number of aromatic nitrogens is 4. The third-order valence-electron chi connectivity index (χ3n) is 6.43. The van der Waals surface area contributed by atoms with Crippen molar-refractivity contribution in [1.29, 1.82) is 0 Å². The molecule has 0 aliphatic rings. The van der Waals surface area contributed by atoms with Crippen LogP contribution >= 0.6 is 22.9 Å². The van der Waals surface area contributed by atoms with Crippen molar-refractivity contribution in [1.82, 2.24) is 33.7 Å². The Bertz CT molecular complexity index is 1560. The molecule has 0 spiro atoms. The van der Waals surface area contributed by atoms with Crippen molar-refractivity contribution in [3.05, 3.63) is 52.1 Å². The van der Waals surface area contributed by atoms with Gasteiger partial charge in [0.15, 0.2) is 11.2 Å². The van der Waals surface area contributed by atoms with Crippen LogP contribution in [0.5, 0.6) is 0 Å². The number of fused-ring (bicyclic) bond motifs is 1. The lowest BCUT2D eigenvalue weighted by atomic mass is 10.1. The first-order valence-electron chi connectivity index (χ1n) is 14.9. The number of benzene rings is 1. The summed E-state index contributed by atoms with van der Waals surface area (Å²) in [5.74, 6) is -2.30. The van der Waals surface area contributed by atoms with Gasteiger partial charge in [0.05, 0.1) is 64.6 Å². The van der Waals surface area contributed by atoms with Crippen LogP contribution in [0.3, 0.4) is 0 Å². The third kappa shape index (κ3) is 13.8. The Morgan fingerprint density at radius 2 is 1.73 bits per heavy atom. The van der Waals surface area contributed by atoms with Gasteiger partial charge in [0, 0.05) is 53.6 Å². The van der Waals surface area contributed by atoms with Crippen LogP contribution in [-0.4, -0.2) is 118 Å². The van der Waals surface area contributed by atoms with Crippen LogP contribution < -0.4 is 27.2 Å². The lowest BCUT2D eigenvalue weighted by molar-refractivity contribution is -0.139. The summed E-state index contributed by atoms with van der Waals surface area (Å²) in [6.45, 7) is 3.72. The van der Waals surface area contributed by atoms with Gasteiger partial charge in [0.25, 0.3) is 11.5 Å². The molecule has 1 aromatic carbocycles. The number of nitrogens with zero attached hydrogens (tertiary/aromatic N) is 4. The molecule has 2 amide bonds. The van der Waals surface area contributed by atoms with Gasteiger partial charge in [-0.3, -0.25) is 19.4 Å². The Morgan fingerprint density at radius 3 is 2.42 bits per heavy atom. The van der Waals surface area contributed by atoms with Crippen molar-refractivity contribution in [3.63, 3.8) is 0 Å². The number of nitrogens with two attached hydrogens (primary N) is 1. The number of ether oxygens (including phenoxy) is 3. The topological polar surface area (TPSA) is 253 Å². The number of aliphatic carboxylic acids is 1. The Hall–Kier alpha value is -4.31. The summed E-state index contributed by atoms with van der Waals surface area (Å²) in [7, 11) is 0. The normalized spacial score (nSPS) is 11.7. The van der Waals surface area contributed by atoms with Gasteiger partial charge in [-0.25, -0.2) is 17.9 Å². The minimum absolute atomic E-state index is 0.0550. The predicted octanol–water partition coefficient (Wildman–Crippen LogP) is -0.112. The number of carboxylic acid groups (broad SMARTS) is 1. The molecule has 2 aromatic heterocycles. The van der Waals surface area contributed by atoms with E-state index in [1.807, 2.05) is 3.11 Å². The second kappa shape index (κ2) is 20.8. The number of aldehydes is 1. The van der Waals surface area contributed by atoms with Gasteiger partial charge in [-0.15, -0.1) is 0 Å². The molecule has 0 saturated carbocycles. The molecule has 0 bridgehead atoms. The fraction of sp³-hybridized carbons (Fsp3) is 0.448. The molecule has 0 aliphatic heterocycles. The second-order valence-electron chi connectivity index (χ2n) is 10.0. The van der Waals surface area contributed by atoms with Crippen LogP contribution in [0.2, 0.25) is 0 Å². The molecule has 2 heterocycles. The van der Waals surface area contributed by atoms with Crippen LogP contribution in [0.25, 0.3) is 11.2 Å². The zero-order chi connectivity index (χ0) is 34.7. The van der Waals surface area contributed by atoms with Crippen molar-refractivity contribution in [3.8, 4) is 0 Å². The molecular weight excluding hydrogens is 745 g/mol. The lowest BCUT2D eigenvalue weighted by Crippen LogP contribution is -2.41. The molecule has 0 aliphatic carbocycles. The highest BCUT2D eigenvalue weighted by molar-refractivity contribution is 14.1. The zero-order valence-corrected chi connectivity index (χ0v) is 28.1. The molecule has 0 radical (unpaired) electrons. The number of carbonyl (C=O) groups is 4. The van der Waals surface area contributed by atoms with Gasteiger partial charge in [-0.2, -0.15) is 4.98 Å². The Morgan fingerprint density at radius 1 is 1.04 bits per heavy atom. The van der Waals surface area contributed by atoms with Crippen LogP contribution in [0.4, 0.5) is 11.6 Å². The van der Waals surface area contributed by atoms with Gasteiger partial charge in [-0.1, -0.05) is 0 Å². The summed E-state index contributed by atoms with van der Waals surface area (Å²) >= 11 is 2.05. The van der Waals surface area contributed by atoms with Crippen molar-refractivity contribution >= 4 is 69.7 Å². The van der Waals surface area contributed by atoms with Crippen molar-refractivity contribution in [2.24, 2.45) is 0 Å². The molecule has 1 unspecified atom stereocenters. The zero-order valence-electron chi connectivity index (χ0n) is 26.0. The minimum Gasteiger partial charge on any atom is -0.480 e. The monoisotopic (exact) mass is 783 g/mol. The molecule has 18 nitrogen and oxygen atoms in total. The van der Waals surface area contributed by atoms with Gasteiger partial charge in [0.1, 0.15) is 12.3 Å². The third-order valence-corrected chi connectivity index (χ3v) is 7.31. The van der Waals surface area contributed by atoms with Gasteiger partial charge in [0.2, 0.25) is 11.9 Å². The molecule has 260 valence electrons. The van der Waals surface area contributed by atoms with E-state index < -0.39 is 23.5 Å². The molecule has 3 rings (SSSR count). The summed E-state index contributed by atoms with van der Waals surface area (Å²) in [5.41, 5.74) is 6.54. The number of rotatable bonds is 23. The van der Waals surface area contributed by atoms with Crippen LogP contribution in [0, 0.1) is 0 Å². The van der Waals surface area contributed by atoms with E-state index in [1.165, 1.54) is 18.3 Å².